The zero-order chi connectivity index (χ0) is 24.6. The third-order valence-corrected chi connectivity index (χ3v) is 6.29. The molecule has 1 aliphatic heterocycles. The number of nitrogens with zero attached hydrogens (tertiary/aromatic N) is 4. The average molecular weight is 480 g/mol. The summed E-state index contributed by atoms with van der Waals surface area (Å²) < 4.78 is 4.74. The van der Waals surface area contributed by atoms with E-state index in [1.165, 1.54) is 55.9 Å². The first-order chi connectivity index (χ1) is 16.2. The number of carbonyl (C=O) groups is 3. The molecule has 4 rings (SSSR count). The Morgan fingerprint density at radius 1 is 1.24 bits per heavy atom. The van der Waals surface area contributed by atoms with Gasteiger partial charge in [0.1, 0.15) is 10.6 Å². The Bertz CT molecular complexity index is 1370. The van der Waals surface area contributed by atoms with Crippen LogP contribution in [0.25, 0.3) is 5.76 Å². The van der Waals surface area contributed by atoms with Gasteiger partial charge in [0.05, 0.1) is 29.3 Å². The van der Waals surface area contributed by atoms with Crippen molar-refractivity contribution >= 4 is 45.6 Å². The fraction of sp³-hybridized carbons (Fsp3) is 0.136. The third-order valence-electron chi connectivity index (χ3n) is 5.16. The van der Waals surface area contributed by atoms with Crippen molar-refractivity contribution in [3.63, 3.8) is 0 Å². The summed E-state index contributed by atoms with van der Waals surface area (Å²) in [5.41, 5.74) is 0.174. The minimum Gasteiger partial charge on any atom is -0.507 e. The second-order valence-corrected chi connectivity index (χ2v) is 8.14. The number of aryl methyl sites for hydroxylation is 1. The van der Waals surface area contributed by atoms with Crippen LogP contribution >= 0.6 is 11.3 Å². The molecule has 11 nitrogen and oxygen atoms in total. The van der Waals surface area contributed by atoms with Crippen molar-refractivity contribution in [3.8, 4) is 0 Å². The number of non-ortho nitro benzene ring substituents is 1. The summed E-state index contributed by atoms with van der Waals surface area (Å²) >= 11 is 0.833. The number of amides is 1. The molecule has 1 N–H and O–H groups in total. The Balaban J connectivity index is 1.96. The smallest absolute Gasteiger partial charge is 0.350 e. The Morgan fingerprint density at radius 3 is 2.59 bits per heavy atom. The van der Waals surface area contributed by atoms with Gasteiger partial charge in [0.15, 0.2) is 5.13 Å². The van der Waals surface area contributed by atoms with E-state index in [1.54, 1.807) is 6.92 Å². The molecule has 1 atom stereocenters. The summed E-state index contributed by atoms with van der Waals surface area (Å²) in [6.07, 6.45) is 2.81. The van der Waals surface area contributed by atoms with Gasteiger partial charge in [-0.15, -0.1) is 0 Å². The zero-order valence-electron chi connectivity index (χ0n) is 17.8. The number of benzene rings is 1. The number of pyridine rings is 1. The van der Waals surface area contributed by atoms with E-state index in [-0.39, 0.29) is 38.1 Å². The maximum Gasteiger partial charge on any atom is 0.350 e. The van der Waals surface area contributed by atoms with E-state index >= 15 is 0 Å². The van der Waals surface area contributed by atoms with Crippen LogP contribution in [0.5, 0.6) is 0 Å². The SMILES string of the molecule is COC(=O)c1sc(N2C(=O)C(=O)/C(=C(/O)c3ccncc3)C2c2cccc([N+](=O)[O-])c2)nc1C. The fourth-order valence-corrected chi connectivity index (χ4v) is 4.60. The van der Waals surface area contributed by atoms with Crippen LogP contribution in [0.4, 0.5) is 10.8 Å². The number of nitro groups is 1. The molecule has 1 aromatic carbocycles. The van der Waals surface area contributed by atoms with E-state index in [9.17, 15) is 29.6 Å². The summed E-state index contributed by atoms with van der Waals surface area (Å²) in [4.78, 5) is 58.4. The molecule has 172 valence electrons. The highest BCUT2D eigenvalue weighted by molar-refractivity contribution is 7.17. The van der Waals surface area contributed by atoms with Gasteiger partial charge in [-0.3, -0.25) is 29.6 Å². The second kappa shape index (κ2) is 8.83. The van der Waals surface area contributed by atoms with Crippen molar-refractivity contribution < 1.29 is 29.2 Å². The predicted molar refractivity (Wildman–Crippen MR) is 120 cm³/mol. The van der Waals surface area contributed by atoms with Crippen molar-refractivity contribution in [1.29, 1.82) is 0 Å². The number of ether oxygens (including phenoxy) is 1. The van der Waals surface area contributed by atoms with E-state index in [2.05, 4.69) is 9.97 Å². The van der Waals surface area contributed by atoms with Gasteiger partial charge in [0, 0.05) is 30.1 Å². The minimum absolute atomic E-state index is 0.00489. The molecule has 1 unspecified atom stereocenters. The first-order valence-electron chi connectivity index (χ1n) is 9.76. The second-order valence-electron chi connectivity index (χ2n) is 7.16. The number of hydrogen-bond acceptors (Lipinski definition) is 10. The zero-order valence-corrected chi connectivity index (χ0v) is 18.6. The van der Waals surface area contributed by atoms with Crippen molar-refractivity contribution in [1.82, 2.24) is 9.97 Å². The highest BCUT2D eigenvalue weighted by Gasteiger charge is 2.48. The molecule has 1 fully saturated rings. The van der Waals surface area contributed by atoms with Gasteiger partial charge in [-0.2, -0.15) is 0 Å². The normalized spacial score (nSPS) is 17.1. The molecule has 0 spiro atoms. The number of aliphatic hydroxyl groups is 1. The lowest BCUT2D eigenvalue weighted by Crippen LogP contribution is -2.29. The number of aromatic nitrogens is 2. The van der Waals surface area contributed by atoms with Crippen molar-refractivity contribution in [2.24, 2.45) is 0 Å². The minimum atomic E-state index is -1.23. The summed E-state index contributed by atoms with van der Waals surface area (Å²) in [5.74, 6) is -3.14. The van der Waals surface area contributed by atoms with Crippen LogP contribution in [0.3, 0.4) is 0 Å². The van der Waals surface area contributed by atoms with Crippen LogP contribution < -0.4 is 4.90 Å². The molecular weight excluding hydrogens is 464 g/mol. The number of hydrogen-bond donors (Lipinski definition) is 1. The fourth-order valence-electron chi connectivity index (χ4n) is 3.59. The number of Topliss-reactive ketones (excluding diaryl/α,β-unsaturated/α-hetero) is 1. The number of carbonyl (C=O) groups excluding carboxylic acids is 3. The van der Waals surface area contributed by atoms with E-state index in [0.29, 0.717) is 0 Å². The van der Waals surface area contributed by atoms with Gasteiger partial charge < -0.3 is 9.84 Å². The average Bonchev–Trinajstić information content (AvgIpc) is 3.35. The number of esters is 1. The van der Waals surface area contributed by atoms with Gasteiger partial charge >= 0.3 is 11.9 Å². The van der Waals surface area contributed by atoms with Gasteiger partial charge in [-0.05, 0) is 24.6 Å². The van der Waals surface area contributed by atoms with Gasteiger partial charge in [0.25, 0.3) is 11.5 Å². The molecule has 3 heterocycles. The number of ketones is 1. The van der Waals surface area contributed by atoms with Crippen LogP contribution in [0.15, 0.2) is 54.4 Å². The Labute approximate surface area is 196 Å². The number of nitro benzene ring substituents is 1. The molecule has 1 saturated heterocycles. The number of rotatable bonds is 5. The van der Waals surface area contributed by atoms with E-state index in [4.69, 9.17) is 4.74 Å². The Hall–Kier alpha value is -4.45. The molecule has 34 heavy (non-hydrogen) atoms. The molecule has 3 aromatic rings. The molecule has 0 bridgehead atoms. The molecule has 2 aromatic heterocycles. The van der Waals surface area contributed by atoms with Gasteiger partial charge in [-0.25, -0.2) is 9.78 Å². The maximum atomic E-state index is 13.1. The van der Waals surface area contributed by atoms with E-state index in [0.717, 1.165) is 16.2 Å². The predicted octanol–water partition coefficient (Wildman–Crippen LogP) is 3.17. The first kappa shape index (κ1) is 22.7. The molecule has 0 saturated carbocycles. The molecule has 12 heteroatoms. The van der Waals surface area contributed by atoms with Crippen LogP contribution in [-0.2, 0) is 14.3 Å². The Kier molecular flexibility index (Phi) is 5.90. The Morgan fingerprint density at radius 2 is 1.94 bits per heavy atom. The summed E-state index contributed by atoms with van der Waals surface area (Å²) in [5, 5.41) is 22.4. The first-order valence-corrected chi connectivity index (χ1v) is 10.6. The number of thiazole rings is 1. The number of aliphatic hydroxyl groups excluding tert-OH is 1. The molecule has 0 radical (unpaired) electrons. The van der Waals surface area contributed by atoms with Crippen LogP contribution in [0.1, 0.15) is 32.5 Å². The van der Waals surface area contributed by atoms with Crippen molar-refractivity contribution in [2.75, 3.05) is 12.0 Å². The molecule has 1 amide bonds. The maximum absolute atomic E-state index is 13.1. The standard InChI is InChI=1S/C22H16N4O7S/c1-11-19(21(30)33-2)34-22(24-11)25-16(13-4-3-5-14(10-13)26(31)32)15(18(28)20(25)29)17(27)12-6-8-23-9-7-12/h3-10,16,27H,1-2H3/b17-15+. The lowest BCUT2D eigenvalue weighted by molar-refractivity contribution is -0.384. The summed E-state index contributed by atoms with van der Waals surface area (Å²) in [7, 11) is 1.20. The highest BCUT2D eigenvalue weighted by atomic mass is 32.1. The molecule has 0 aliphatic carbocycles. The van der Waals surface area contributed by atoms with E-state index in [1.807, 2.05) is 0 Å². The summed E-state index contributed by atoms with van der Waals surface area (Å²) in [6.45, 7) is 1.54. The van der Waals surface area contributed by atoms with Crippen LogP contribution in [-0.4, -0.2) is 44.8 Å². The van der Waals surface area contributed by atoms with Crippen LogP contribution in [0, 0.1) is 17.0 Å². The monoisotopic (exact) mass is 480 g/mol. The third kappa shape index (κ3) is 3.79. The molecular formula is C22H16N4O7S. The van der Waals surface area contributed by atoms with Crippen molar-refractivity contribution in [2.45, 2.75) is 13.0 Å². The summed E-state index contributed by atoms with van der Waals surface area (Å²) in [6, 6.07) is 7.06. The van der Waals surface area contributed by atoms with Crippen LogP contribution in [0.2, 0.25) is 0 Å². The lowest BCUT2D eigenvalue weighted by atomic mass is 9.95. The topological polar surface area (TPSA) is 153 Å². The van der Waals surface area contributed by atoms with Gasteiger partial charge in [-0.1, -0.05) is 23.5 Å². The van der Waals surface area contributed by atoms with Gasteiger partial charge in [0.2, 0.25) is 0 Å². The number of anilines is 1. The highest BCUT2D eigenvalue weighted by Crippen LogP contribution is 2.44. The van der Waals surface area contributed by atoms with Crippen molar-refractivity contribution in [3.05, 3.63) is 86.2 Å². The largest absolute Gasteiger partial charge is 0.507 e. The van der Waals surface area contributed by atoms with E-state index < -0.39 is 34.4 Å². The molecule has 1 aliphatic rings. The number of methoxy groups -OCH3 is 1. The lowest BCUT2D eigenvalue weighted by Gasteiger charge is -2.22. The quantitative estimate of drug-likeness (QED) is 0.145.